The van der Waals surface area contributed by atoms with E-state index in [1.807, 2.05) is 0 Å². The largest absolute Gasteiger partial charge is 0.381 e. The zero-order valence-electron chi connectivity index (χ0n) is 13.8. The van der Waals surface area contributed by atoms with E-state index >= 15 is 0 Å². The molecule has 2 aliphatic rings. The Labute approximate surface area is 134 Å². The topological polar surface area (TPSA) is 59.6 Å². The maximum Gasteiger partial charge on any atom is 0.222 e. The second kappa shape index (κ2) is 11.0. The van der Waals surface area contributed by atoms with Gasteiger partial charge >= 0.3 is 0 Å². The number of nitrogens with one attached hydrogen (secondary N) is 2. The lowest BCUT2D eigenvalue weighted by atomic mass is 10.1. The molecule has 0 radical (unpaired) electrons. The van der Waals surface area contributed by atoms with Gasteiger partial charge < -0.3 is 20.1 Å². The van der Waals surface area contributed by atoms with Gasteiger partial charge in [0.15, 0.2) is 0 Å². The first-order valence-electron chi connectivity index (χ1n) is 9.04. The van der Waals surface area contributed by atoms with Crippen molar-refractivity contribution in [3.8, 4) is 0 Å². The summed E-state index contributed by atoms with van der Waals surface area (Å²) >= 11 is 0. The molecule has 5 heteroatoms. The zero-order chi connectivity index (χ0) is 15.5. The third-order valence-electron chi connectivity index (χ3n) is 4.59. The fourth-order valence-electron chi connectivity index (χ4n) is 3.21. The van der Waals surface area contributed by atoms with Crippen LogP contribution in [-0.2, 0) is 14.3 Å². The van der Waals surface area contributed by atoms with E-state index in [-0.39, 0.29) is 12.0 Å². The summed E-state index contributed by atoms with van der Waals surface area (Å²) in [5, 5.41) is 6.53. The van der Waals surface area contributed by atoms with Crippen LogP contribution in [-0.4, -0.2) is 51.0 Å². The van der Waals surface area contributed by atoms with Crippen LogP contribution in [0.2, 0.25) is 0 Å². The summed E-state index contributed by atoms with van der Waals surface area (Å²) in [5.41, 5.74) is 0. The quantitative estimate of drug-likeness (QED) is 0.532. The molecule has 128 valence electrons. The van der Waals surface area contributed by atoms with Crippen LogP contribution < -0.4 is 10.6 Å². The minimum atomic E-state index is 0.0923. The molecule has 1 heterocycles. The van der Waals surface area contributed by atoms with Crippen molar-refractivity contribution in [1.82, 2.24) is 10.6 Å². The second-order valence-electron chi connectivity index (χ2n) is 6.43. The van der Waals surface area contributed by atoms with Crippen molar-refractivity contribution in [3.05, 3.63) is 0 Å². The van der Waals surface area contributed by atoms with Gasteiger partial charge in [-0.15, -0.1) is 0 Å². The number of carbonyl (C=O) groups excluding carboxylic acids is 1. The Morgan fingerprint density at radius 2 is 1.73 bits per heavy atom. The molecule has 2 N–H and O–H groups in total. The molecule has 0 aromatic rings. The minimum Gasteiger partial charge on any atom is -0.381 e. The third-order valence-corrected chi connectivity index (χ3v) is 4.59. The first kappa shape index (κ1) is 17.7. The predicted molar refractivity (Wildman–Crippen MR) is 86.9 cm³/mol. The molecule has 1 saturated heterocycles. The molecule has 5 nitrogen and oxygen atoms in total. The molecule has 1 aliphatic carbocycles. The lowest BCUT2D eigenvalue weighted by molar-refractivity contribution is -0.123. The van der Waals surface area contributed by atoms with Gasteiger partial charge in [-0.1, -0.05) is 25.7 Å². The summed E-state index contributed by atoms with van der Waals surface area (Å²) in [5.74, 6) is 0.0923. The van der Waals surface area contributed by atoms with Crippen molar-refractivity contribution in [2.75, 3.05) is 32.9 Å². The Hall–Kier alpha value is -0.650. The van der Waals surface area contributed by atoms with Crippen molar-refractivity contribution in [2.24, 2.45) is 0 Å². The van der Waals surface area contributed by atoms with Gasteiger partial charge in [0.2, 0.25) is 5.91 Å². The van der Waals surface area contributed by atoms with Crippen molar-refractivity contribution < 1.29 is 14.3 Å². The minimum absolute atomic E-state index is 0.0923. The van der Waals surface area contributed by atoms with Crippen LogP contribution in [0.5, 0.6) is 0 Å². The van der Waals surface area contributed by atoms with Crippen LogP contribution in [0.1, 0.15) is 57.8 Å². The summed E-state index contributed by atoms with van der Waals surface area (Å²) in [7, 11) is 0. The number of carbonyl (C=O) groups is 1. The molecule has 0 atom stereocenters. The average Bonchev–Trinajstić information content (AvgIpc) is 2.81. The van der Waals surface area contributed by atoms with Gasteiger partial charge in [-0.05, 0) is 25.7 Å². The maximum atomic E-state index is 11.7. The van der Waals surface area contributed by atoms with E-state index in [9.17, 15) is 4.79 Å². The van der Waals surface area contributed by atoms with Crippen LogP contribution in [0.4, 0.5) is 0 Å². The molecule has 22 heavy (non-hydrogen) atoms. The molecule has 0 spiro atoms. The van der Waals surface area contributed by atoms with Crippen molar-refractivity contribution in [1.29, 1.82) is 0 Å². The Morgan fingerprint density at radius 1 is 1.00 bits per heavy atom. The molecule has 1 saturated carbocycles. The fourth-order valence-corrected chi connectivity index (χ4v) is 3.21. The normalized spacial score (nSPS) is 21.5. The van der Waals surface area contributed by atoms with Crippen LogP contribution in [0.15, 0.2) is 0 Å². The maximum absolute atomic E-state index is 11.7. The lowest BCUT2D eigenvalue weighted by Crippen LogP contribution is -2.37. The summed E-state index contributed by atoms with van der Waals surface area (Å²) in [6, 6.07) is 0.649. The Kier molecular flexibility index (Phi) is 8.83. The fraction of sp³-hybridized carbons (Fsp3) is 0.941. The molecule has 2 fully saturated rings. The third kappa shape index (κ3) is 7.56. The highest BCUT2D eigenvalue weighted by Crippen LogP contribution is 2.16. The molecule has 1 amide bonds. The average molecular weight is 312 g/mol. The SMILES string of the molecule is O=C(CCOC1CCOCC1)NCCNC1CCCCCC1. The van der Waals surface area contributed by atoms with Crippen LogP contribution >= 0.6 is 0 Å². The van der Waals surface area contributed by atoms with Crippen LogP contribution in [0.25, 0.3) is 0 Å². The van der Waals surface area contributed by atoms with E-state index in [0.717, 1.165) is 32.6 Å². The molecular weight excluding hydrogens is 280 g/mol. The lowest BCUT2D eigenvalue weighted by Gasteiger charge is -2.22. The van der Waals surface area contributed by atoms with E-state index in [1.54, 1.807) is 0 Å². The highest BCUT2D eigenvalue weighted by Gasteiger charge is 2.14. The van der Waals surface area contributed by atoms with Crippen molar-refractivity contribution in [3.63, 3.8) is 0 Å². The van der Waals surface area contributed by atoms with Gasteiger partial charge in [0.25, 0.3) is 0 Å². The number of amides is 1. The first-order valence-corrected chi connectivity index (χ1v) is 9.04. The standard InChI is InChI=1S/C17H32N2O3/c20-17(9-14-22-16-7-12-21-13-8-16)19-11-10-18-15-5-3-1-2-4-6-15/h15-16,18H,1-14H2,(H,19,20). The first-order chi connectivity index (χ1) is 10.8. The van der Waals surface area contributed by atoms with E-state index in [2.05, 4.69) is 10.6 Å². The molecule has 1 aliphatic heterocycles. The van der Waals surface area contributed by atoms with Crippen LogP contribution in [0.3, 0.4) is 0 Å². The molecule has 0 bridgehead atoms. The summed E-state index contributed by atoms with van der Waals surface area (Å²) in [6.45, 7) is 3.67. The zero-order valence-corrected chi connectivity index (χ0v) is 13.8. The van der Waals surface area contributed by atoms with Gasteiger partial charge in [0.1, 0.15) is 0 Å². The number of hydrogen-bond acceptors (Lipinski definition) is 4. The van der Waals surface area contributed by atoms with E-state index < -0.39 is 0 Å². The summed E-state index contributed by atoms with van der Waals surface area (Å²) in [6.07, 6.45) is 10.6. The molecular formula is C17H32N2O3. The van der Waals surface area contributed by atoms with E-state index in [4.69, 9.17) is 9.47 Å². The van der Waals surface area contributed by atoms with E-state index in [1.165, 1.54) is 38.5 Å². The van der Waals surface area contributed by atoms with Gasteiger partial charge in [0.05, 0.1) is 12.7 Å². The molecule has 0 aromatic heterocycles. The van der Waals surface area contributed by atoms with E-state index in [0.29, 0.717) is 25.6 Å². The Bertz CT molecular complexity index is 298. The molecule has 0 aromatic carbocycles. The molecule has 2 rings (SSSR count). The number of ether oxygens (including phenoxy) is 2. The van der Waals surface area contributed by atoms with Gasteiger partial charge in [-0.3, -0.25) is 4.79 Å². The van der Waals surface area contributed by atoms with Gasteiger partial charge in [0, 0.05) is 38.8 Å². The smallest absolute Gasteiger partial charge is 0.222 e. The Balaban J connectivity index is 1.43. The summed E-state index contributed by atoms with van der Waals surface area (Å²) in [4.78, 5) is 11.7. The monoisotopic (exact) mass is 312 g/mol. The number of rotatable bonds is 8. The van der Waals surface area contributed by atoms with Crippen LogP contribution in [0, 0.1) is 0 Å². The van der Waals surface area contributed by atoms with Gasteiger partial charge in [-0.2, -0.15) is 0 Å². The second-order valence-corrected chi connectivity index (χ2v) is 6.43. The van der Waals surface area contributed by atoms with Crippen molar-refractivity contribution >= 4 is 5.91 Å². The Morgan fingerprint density at radius 3 is 2.45 bits per heavy atom. The molecule has 0 unspecified atom stereocenters. The number of hydrogen-bond donors (Lipinski definition) is 2. The predicted octanol–water partition coefficient (Wildman–Crippen LogP) is 2.00. The highest BCUT2D eigenvalue weighted by atomic mass is 16.5. The summed E-state index contributed by atoms with van der Waals surface area (Å²) < 4.78 is 11.0. The highest BCUT2D eigenvalue weighted by molar-refractivity contribution is 5.75. The van der Waals surface area contributed by atoms with Gasteiger partial charge in [-0.25, -0.2) is 0 Å². The van der Waals surface area contributed by atoms with Crippen molar-refractivity contribution in [2.45, 2.75) is 69.9 Å².